The summed E-state index contributed by atoms with van der Waals surface area (Å²) in [4.78, 5) is 56.8. The number of anilines is 1. The number of thiazole rings is 1. The van der Waals surface area contributed by atoms with Gasteiger partial charge in [-0.15, -0.1) is 23.1 Å². The van der Waals surface area contributed by atoms with Gasteiger partial charge in [-0.2, -0.15) is 9.61 Å². The summed E-state index contributed by atoms with van der Waals surface area (Å²) in [6.45, 7) is 1.83. The molecule has 0 aromatic carbocycles. The molecule has 192 valence electrons. The summed E-state index contributed by atoms with van der Waals surface area (Å²) < 4.78 is 1.58. The quantitative estimate of drug-likeness (QED) is 0.113. The molecule has 4 N–H and O–H groups in total. The molecule has 1 fully saturated rings. The Morgan fingerprint density at radius 3 is 2.92 bits per heavy atom. The van der Waals surface area contributed by atoms with Gasteiger partial charge in [-0.05, 0) is 12.5 Å². The number of nitrogens with one attached hydrogen (secondary N) is 1. The summed E-state index contributed by atoms with van der Waals surface area (Å²) in [5.41, 5.74) is 7.57. The Labute approximate surface area is 221 Å². The average molecular weight is 562 g/mol. The molecule has 2 aliphatic heterocycles. The summed E-state index contributed by atoms with van der Waals surface area (Å²) in [6.07, 6.45) is 1.42. The van der Waals surface area contributed by atoms with Crippen LogP contribution in [-0.2, 0) is 19.2 Å². The molecular formula is C20H19N9O5S3. The third kappa shape index (κ3) is 4.60. The molecular weight excluding hydrogens is 542 g/mol. The standard InChI is InChI=1S/C20H19N9O5S3/c1-8-3-11-22-7-23-29(11)20(24-8)37-5-9-4-35-17-13(16(31)28(17)14(9)18(32)33)26-15(30)12(27-34-2)10-6-36-19(21)25-10/h3,6-7,13,17H,4-5H2,1-2H3,(H2,21,25)(H,26,30)(H,32,33)/t13-,17-/m1/s1. The highest BCUT2D eigenvalue weighted by molar-refractivity contribution is 8.01. The number of carboxylic acid groups (broad SMARTS) is 1. The zero-order valence-corrected chi connectivity index (χ0v) is 21.8. The molecule has 5 heterocycles. The smallest absolute Gasteiger partial charge is 0.352 e. The molecule has 1 saturated heterocycles. The fourth-order valence-corrected chi connectivity index (χ4v) is 6.89. The molecule has 3 aromatic rings. The number of nitrogen functional groups attached to an aromatic ring is 1. The van der Waals surface area contributed by atoms with Gasteiger partial charge in [-0.1, -0.05) is 16.9 Å². The van der Waals surface area contributed by atoms with Gasteiger partial charge < -0.3 is 21.0 Å². The molecule has 0 unspecified atom stereocenters. The summed E-state index contributed by atoms with van der Waals surface area (Å²) in [7, 11) is 1.28. The van der Waals surface area contributed by atoms with E-state index in [1.54, 1.807) is 16.0 Å². The van der Waals surface area contributed by atoms with Crippen LogP contribution in [0.3, 0.4) is 0 Å². The number of aromatic nitrogens is 5. The average Bonchev–Trinajstić information content (AvgIpc) is 3.52. The van der Waals surface area contributed by atoms with Crippen LogP contribution in [0.5, 0.6) is 0 Å². The van der Waals surface area contributed by atoms with Gasteiger partial charge in [0.15, 0.2) is 21.6 Å². The molecule has 2 atom stereocenters. The molecule has 0 bridgehead atoms. The number of rotatable bonds is 8. The van der Waals surface area contributed by atoms with E-state index in [1.807, 2.05) is 6.92 Å². The van der Waals surface area contributed by atoms with E-state index in [2.05, 4.69) is 30.5 Å². The lowest BCUT2D eigenvalue weighted by molar-refractivity contribution is -0.150. The first-order valence-corrected chi connectivity index (χ1v) is 13.5. The predicted octanol–water partition coefficient (Wildman–Crippen LogP) is 0.353. The molecule has 0 spiro atoms. The Morgan fingerprint density at radius 1 is 1.41 bits per heavy atom. The van der Waals surface area contributed by atoms with E-state index in [-0.39, 0.29) is 28.0 Å². The van der Waals surface area contributed by atoms with Gasteiger partial charge in [-0.25, -0.2) is 19.7 Å². The Bertz CT molecular complexity index is 1480. The van der Waals surface area contributed by atoms with Crippen molar-refractivity contribution < 1.29 is 24.3 Å². The third-order valence-electron chi connectivity index (χ3n) is 5.44. The lowest BCUT2D eigenvalue weighted by Crippen LogP contribution is -2.71. The van der Waals surface area contributed by atoms with E-state index in [1.165, 1.54) is 41.9 Å². The van der Waals surface area contributed by atoms with Crippen molar-refractivity contribution >= 4 is 69.1 Å². The van der Waals surface area contributed by atoms with Crippen molar-refractivity contribution in [3.05, 3.63) is 40.4 Å². The van der Waals surface area contributed by atoms with Gasteiger partial charge in [0, 0.05) is 28.6 Å². The van der Waals surface area contributed by atoms with Crippen LogP contribution in [0.1, 0.15) is 11.4 Å². The van der Waals surface area contributed by atoms with Crippen molar-refractivity contribution in [2.75, 3.05) is 24.3 Å². The van der Waals surface area contributed by atoms with Gasteiger partial charge in [0.1, 0.15) is 36.2 Å². The third-order valence-corrected chi connectivity index (χ3v) is 8.47. The van der Waals surface area contributed by atoms with Crippen molar-refractivity contribution in [3.8, 4) is 0 Å². The van der Waals surface area contributed by atoms with Crippen molar-refractivity contribution in [1.29, 1.82) is 0 Å². The van der Waals surface area contributed by atoms with Crippen LogP contribution in [0.2, 0.25) is 0 Å². The number of carbonyl (C=O) groups is 3. The Balaban J connectivity index is 1.33. The Kier molecular flexibility index (Phi) is 6.74. The molecule has 2 amide bonds. The minimum Gasteiger partial charge on any atom is -0.477 e. The maximum absolute atomic E-state index is 13.0. The van der Waals surface area contributed by atoms with Gasteiger partial charge in [-0.3, -0.25) is 14.5 Å². The van der Waals surface area contributed by atoms with Crippen LogP contribution < -0.4 is 11.1 Å². The molecule has 0 radical (unpaired) electrons. The van der Waals surface area contributed by atoms with E-state index in [0.29, 0.717) is 22.1 Å². The number of hydrogen-bond acceptors (Lipinski definition) is 13. The molecule has 17 heteroatoms. The van der Waals surface area contributed by atoms with E-state index in [0.717, 1.165) is 17.0 Å². The summed E-state index contributed by atoms with van der Waals surface area (Å²) in [5.74, 6) is -1.81. The van der Waals surface area contributed by atoms with Gasteiger partial charge in [0.05, 0.1) is 0 Å². The zero-order chi connectivity index (χ0) is 26.3. The number of carboxylic acids is 1. The fraction of sp³-hybridized carbons (Fsp3) is 0.300. The molecule has 5 rings (SSSR count). The minimum atomic E-state index is -1.22. The maximum Gasteiger partial charge on any atom is 0.352 e. The first-order valence-electron chi connectivity index (χ1n) is 10.6. The van der Waals surface area contributed by atoms with Crippen LogP contribution >= 0.6 is 34.9 Å². The highest BCUT2D eigenvalue weighted by Gasteiger charge is 2.54. The number of amides is 2. The number of nitrogens with two attached hydrogens (primary N) is 1. The van der Waals surface area contributed by atoms with Gasteiger partial charge in [0.2, 0.25) is 0 Å². The summed E-state index contributed by atoms with van der Waals surface area (Å²) in [6, 6.07) is 0.853. The van der Waals surface area contributed by atoms with E-state index in [4.69, 9.17) is 10.6 Å². The molecule has 0 saturated carbocycles. The van der Waals surface area contributed by atoms with Crippen LogP contribution in [0, 0.1) is 6.92 Å². The van der Waals surface area contributed by atoms with E-state index >= 15 is 0 Å². The molecule has 14 nitrogen and oxygen atoms in total. The Hall–Kier alpha value is -3.70. The Morgan fingerprint density at radius 2 is 2.22 bits per heavy atom. The topological polar surface area (TPSA) is 190 Å². The zero-order valence-electron chi connectivity index (χ0n) is 19.3. The number of nitrogens with zero attached hydrogens (tertiary/aromatic N) is 7. The van der Waals surface area contributed by atoms with Crippen molar-refractivity contribution in [3.63, 3.8) is 0 Å². The second-order valence-electron chi connectivity index (χ2n) is 7.81. The largest absolute Gasteiger partial charge is 0.477 e. The predicted molar refractivity (Wildman–Crippen MR) is 136 cm³/mol. The minimum absolute atomic E-state index is 0.0905. The van der Waals surface area contributed by atoms with Crippen molar-refractivity contribution in [1.82, 2.24) is 34.8 Å². The number of fused-ring (bicyclic) bond motifs is 2. The molecule has 37 heavy (non-hydrogen) atoms. The number of oxime groups is 1. The lowest BCUT2D eigenvalue weighted by Gasteiger charge is -2.49. The maximum atomic E-state index is 13.0. The highest BCUT2D eigenvalue weighted by atomic mass is 32.2. The second-order valence-corrected chi connectivity index (χ2v) is 10.7. The van der Waals surface area contributed by atoms with E-state index in [9.17, 15) is 19.5 Å². The normalized spacial score (nSPS) is 19.6. The number of thioether (sulfide) groups is 2. The van der Waals surface area contributed by atoms with Gasteiger partial charge in [0.25, 0.3) is 11.8 Å². The van der Waals surface area contributed by atoms with Gasteiger partial charge >= 0.3 is 5.97 Å². The monoisotopic (exact) mass is 561 g/mol. The number of aliphatic carboxylic acids is 1. The highest BCUT2D eigenvalue weighted by Crippen LogP contribution is 2.41. The van der Waals surface area contributed by atoms with Crippen LogP contribution in [0.15, 0.2) is 39.4 Å². The first kappa shape index (κ1) is 25.0. The molecule has 2 aliphatic rings. The van der Waals surface area contributed by atoms with Crippen molar-refractivity contribution in [2.45, 2.75) is 23.5 Å². The first-order chi connectivity index (χ1) is 17.8. The number of aryl methyl sites for hydroxylation is 1. The second kappa shape index (κ2) is 9.98. The van der Waals surface area contributed by atoms with Crippen molar-refractivity contribution in [2.24, 2.45) is 5.16 Å². The fourth-order valence-electron chi connectivity index (χ4n) is 3.85. The van der Waals surface area contributed by atoms with Crippen LogP contribution in [0.4, 0.5) is 5.13 Å². The number of β-lactam (4-membered cyclic amide) rings is 1. The molecule has 3 aromatic heterocycles. The SMILES string of the molecule is CON=C(C(=O)N[C@@H]1C(=O)N2C(C(=O)O)=C(CSc3nc(C)cc4ncnn34)CS[C@H]12)c1csc(N)n1. The summed E-state index contributed by atoms with van der Waals surface area (Å²) in [5, 5.41) is 22.2. The van der Waals surface area contributed by atoms with Crippen LogP contribution in [-0.4, -0.2) is 88.1 Å². The number of hydrogen-bond donors (Lipinski definition) is 3. The lowest BCUT2D eigenvalue weighted by atomic mass is 10.0. The summed E-state index contributed by atoms with van der Waals surface area (Å²) >= 11 is 3.79. The molecule has 0 aliphatic carbocycles. The van der Waals surface area contributed by atoms with E-state index < -0.39 is 29.2 Å². The number of carbonyl (C=O) groups excluding carboxylic acids is 2. The van der Waals surface area contributed by atoms with Crippen LogP contribution in [0.25, 0.3) is 5.65 Å².